The van der Waals surface area contributed by atoms with Gasteiger partial charge in [0.05, 0.1) is 23.8 Å². The van der Waals surface area contributed by atoms with Crippen LogP contribution < -0.4 is 9.47 Å². The molecule has 3 rings (SSSR count). The fourth-order valence-electron chi connectivity index (χ4n) is 2.76. The van der Waals surface area contributed by atoms with E-state index in [0.717, 1.165) is 23.9 Å². The van der Waals surface area contributed by atoms with Gasteiger partial charge < -0.3 is 14.4 Å². The molecule has 1 unspecified atom stereocenters. The molecule has 2 aromatic rings. The van der Waals surface area contributed by atoms with Gasteiger partial charge in [0, 0.05) is 43.7 Å². The van der Waals surface area contributed by atoms with Gasteiger partial charge in [-0.3, -0.25) is 4.79 Å². The van der Waals surface area contributed by atoms with Crippen molar-refractivity contribution in [3.63, 3.8) is 0 Å². The Balaban J connectivity index is 1.56. The first kappa shape index (κ1) is 17.6. The molecule has 0 aliphatic carbocycles. The number of ether oxygens (including phenoxy) is 2. The Kier molecular flexibility index (Phi) is 5.80. The Hall–Kier alpha value is -2.22. The van der Waals surface area contributed by atoms with Crippen LogP contribution in [0.2, 0.25) is 0 Å². The van der Waals surface area contributed by atoms with Crippen molar-refractivity contribution in [1.82, 2.24) is 19.9 Å². The third-order valence-electron chi connectivity index (χ3n) is 4.04. The lowest BCUT2D eigenvalue weighted by molar-refractivity contribution is 0.0628. The van der Waals surface area contributed by atoms with Gasteiger partial charge in [-0.15, -0.1) is 0 Å². The maximum Gasteiger partial charge on any atom is 0.316 e. The Labute approximate surface area is 154 Å². The highest BCUT2D eigenvalue weighted by molar-refractivity contribution is 9.10. The summed E-state index contributed by atoms with van der Waals surface area (Å²) in [6.07, 6.45) is 6.81. The normalized spacial score (nSPS) is 17.2. The Morgan fingerprint density at radius 1 is 1.28 bits per heavy atom. The molecule has 0 aromatic carbocycles. The summed E-state index contributed by atoms with van der Waals surface area (Å²) in [5.74, 6) is 0.742. The highest BCUT2D eigenvalue weighted by Gasteiger charge is 2.25. The SMILES string of the molecule is COc1ccc(C(=O)N2CCCC(COc3ncc(Br)cn3)C2)cn1. The van der Waals surface area contributed by atoms with Crippen LogP contribution in [0, 0.1) is 5.92 Å². The maximum absolute atomic E-state index is 12.6. The van der Waals surface area contributed by atoms with E-state index in [1.54, 1.807) is 37.8 Å². The van der Waals surface area contributed by atoms with Gasteiger partial charge in [0.1, 0.15) is 0 Å². The van der Waals surface area contributed by atoms with E-state index in [2.05, 4.69) is 30.9 Å². The molecule has 1 saturated heterocycles. The molecule has 2 aromatic heterocycles. The molecule has 0 saturated carbocycles. The number of likely N-dealkylation sites (tertiary alicyclic amines) is 1. The fourth-order valence-corrected chi connectivity index (χ4v) is 2.97. The van der Waals surface area contributed by atoms with Crippen molar-refractivity contribution in [3.8, 4) is 11.9 Å². The summed E-state index contributed by atoms with van der Waals surface area (Å²) in [5, 5.41) is 0. The molecule has 0 bridgehead atoms. The molecule has 3 heterocycles. The number of piperidine rings is 1. The van der Waals surface area contributed by atoms with E-state index in [-0.39, 0.29) is 11.8 Å². The Morgan fingerprint density at radius 3 is 2.76 bits per heavy atom. The summed E-state index contributed by atoms with van der Waals surface area (Å²) in [6, 6.07) is 3.79. The fraction of sp³-hybridized carbons (Fsp3) is 0.412. The number of hydrogen-bond acceptors (Lipinski definition) is 6. The number of hydrogen-bond donors (Lipinski definition) is 0. The monoisotopic (exact) mass is 406 g/mol. The van der Waals surface area contributed by atoms with Gasteiger partial charge in [-0.25, -0.2) is 15.0 Å². The zero-order valence-corrected chi connectivity index (χ0v) is 15.5. The van der Waals surface area contributed by atoms with Crippen LogP contribution in [0.25, 0.3) is 0 Å². The van der Waals surface area contributed by atoms with E-state index in [9.17, 15) is 4.79 Å². The molecular formula is C17H19BrN4O3. The summed E-state index contributed by atoms with van der Waals surface area (Å²) >= 11 is 3.29. The molecule has 0 N–H and O–H groups in total. The first-order chi connectivity index (χ1) is 12.2. The summed E-state index contributed by atoms with van der Waals surface area (Å²) < 4.78 is 11.5. The Bertz CT molecular complexity index is 709. The van der Waals surface area contributed by atoms with Gasteiger partial charge in [0.25, 0.3) is 5.91 Å². The van der Waals surface area contributed by atoms with E-state index in [4.69, 9.17) is 9.47 Å². The first-order valence-electron chi connectivity index (χ1n) is 8.05. The molecule has 1 aliphatic heterocycles. The topological polar surface area (TPSA) is 77.4 Å². The molecule has 1 fully saturated rings. The van der Waals surface area contributed by atoms with E-state index in [0.29, 0.717) is 30.6 Å². The zero-order valence-electron chi connectivity index (χ0n) is 13.9. The van der Waals surface area contributed by atoms with E-state index in [1.165, 1.54) is 0 Å². The molecule has 132 valence electrons. The summed E-state index contributed by atoms with van der Waals surface area (Å²) in [5.41, 5.74) is 0.568. The highest BCUT2D eigenvalue weighted by atomic mass is 79.9. The highest BCUT2D eigenvalue weighted by Crippen LogP contribution is 2.20. The number of carbonyl (C=O) groups excluding carboxylic acids is 1. The van der Waals surface area contributed by atoms with Crippen LogP contribution in [0.15, 0.2) is 35.2 Å². The quantitative estimate of drug-likeness (QED) is 0.759. The average Bonchev–Trinajstić information content (AvgIpc) is 2.67. The van der Waals surface area contributed by atoms with E-state index < -0.39 is 0 Å². The van der Waals surface area contributed by atoms with Crippen LogP contribution in [-0.2, 0) is 0 Å². The molecule has 0 radical (unpaired) electrons. The third kappa shape index (κ3) is 4.66. The van der Waals surface area contributed by atoms with Crippen molar-refractivity contribution in [2.45, 2.75) is 12.8 Å². The summed E-state index contributed by atoms with van der Waals surface area (Å²) in [7, 11) is 1.55. The van der Waals surface area contributed by atoms with E-state index in [1.807, 2.05) is 4.90 Å². The first-order valence-corrected chi connectivity index (χ1v) is 8.84. The molecular weight excluding hydrogens is 388 g/mol. The lowest BCUT2D eigenvalue weighted by Gasteiger charge is -2.32. The number of rotatable bonds is 5. The van der Waals surface area contributed by atoms with Gasteiger partial charge >= 0.3 is 6.01 Å². The number of methoxy groups -OCH3 is 1. The van der Waals surface area contributed by atoms with Gasteiger partial charge in [0.2, 0.25) is 5.88 Å². The molecule has 25 heavy (non-hydrogen) atoms. The number of halogens is 1. The molecule has 0 spiro atoms. The number of nitrogens with zero attached hydrogens (tertiary/aromatic N) is 4. The standard InChI is InChI=1S/C17H19BrN4O3/c1-24-15-5-4-13(7-19-15)16(23)22-6-2-3-12(10-22)11-25-17-20-8-14(18)9-21-17/h4-5,7-9,12H,2-3,6,10-11H2,1H3. The zero-order chi connectivity index (χ0) is 17.6. The molecule has 1 atom stereocenters. The number of pyridine rings is 1. The van der Waals surface area contributed by atoms with Crippen LogP contribution in [0.3, 0.4) is 0 Å². The summed E-state index contributed by atoms with van der Waals surface area (Å²) in [4.78, 5) is 26.8. The molecule has 1 aliphatic rings. The average molecular weight is 407 g/mol. The van der Waals surface area contributed by atoms with Crippen molar-refractivity contribution in [2.24, 2.45) is 5.92 Å². The minimum Gasteiger partial charge on any atom is -0.481 e. The lowest BCUT2D eigenvalue weighted by Crippen LogP contribution is -2.41. The van der Waals surface area contributed by atoms with Crippen LogP contribution in [0.4, 0.5) is 0 Å². The number of amides is 1. The second kappa shape index (κ2) is 8.24. The maximum atomic E-state index is 12.6. The van der Waals surface area contributed by atoms with Crippen molar-refractivity contribution >= 4 is 21.8 Å². The summed E-state index contributed by atoms with van der Waals surface area (Å²) in [6.45, 7) is 1.89. The third-order valence-corrected chi connectivity index (χ3v) is 4.45. The molecule has 7 nitrogen and oxygen atoms in total. The minimum absolute atomic E-state index is 0.0141. The minimum atomic E-state index is -0.0141. The molecule has 8 heteroatoms. The van der Waals surface area contributed by atoms with Gasteiger partial charge in [-0.2, -0.15) is 0 Å². The van der Waals surface area contributed by atoms with Gasteiger partial charge in [-0.1, -0.05) is 0 Å². The van der Waals surface area contributed by atoms with E-state index >= 15 is 0 Å². The molecule has 1 amide bonds. The van der Waals surface area contributed by atoms with Crippen molar-refractivity contribution in [2.75, 3.05) is 26.8 Å². The number of carbonyl (C=O) groups is 1. The van der Waals surface area contributed by atoms with Crippen molar-refractivity contribution < 1.29 is 14.3 Å². The largest absolute Gasteiger partial charge is 0.481 e. The second-order valence-corrected chi connectivity index (χ2v) is 6.76. The van der Waals surface area contributed by atoms with Crippen LogP contribution >= 0.6 is 15.9 Å². The van der Waals surface area contributed by atoms with Crippen molar-refractivity contribution in [3.05, 3.63) is 40.8 Å². The lowest BCUT2D eigenvalue weighted by atomic mass is 9.98. The predicted molar refractivity (Wildman–Crippen MR) is 94.6 cm³/mol. The number of aromatic nitrogens is 3. The second-order valence-electron chi connectivity index (χ2n) is 5.84. The smallest absolute Gasteiger partial charge is 0.316 e. The van der Waals surface area contributed by atoms with Gasteiger partial charge in [-0.05, 0) is 34.8 Å². The Morgan fingerprint density at radius 2 is 2.08 bits per heavy atom. The predicted octanol–water partition coefficient (Wildman–Crippen LogP) is 2.57. The van der Waals surface area contributed by atoms with Crippen LogP contribution in [0.1, 0.15) is 23.2 Å². The van der Waals surface area contributed by atoms with Gasteiger partial charge in [0.15, 0.2) is 0 Å². The van der Waals surface area contributed by atoms with Crippen LogP contribution in [-0.4, -0.2) is 52.6 Å². The van der Waals surface area contributed by atoms with Crippen molar-refractivity contribution in [1.29, 1.82) is 0 Å². The van der Waals surface area contributed by atoms with Crippen LogP contribution in [0.5, 0.6) is 11.9 Å².